The summed E-state index contributed by atoms with van der Waals surface area (Å²) in [6, 6.07) is 8.07. The number of nitro groups is 1. The van der Waals surface area contributed by atoms with Gasteiger partial charge in [0.15, 0.2) is 0 Å². The van der Waals surface area contributed by atoms with Crippen LogP contribution >= 0.6 is 0 Å². The number of benzene rings is 2. The van der Waals surface area contributed by atoms with Gasteiger partial charge in [-0.25, -0.2) is 0 Å². The summed E-state index contributed by atoms with van der Waals surface area (Å²) in [4.78, 5) is 24.1. The molecule has 130 valence electrons. The molecule has 0 saturated heterocycles. The number of nitrogens with zero attached hydrogens (tertiary/aromatic N) is 2. The number of anilines is 1. The molecule has 0 unspecified atom stereocenters. The molecule has 6 nitrogen and oxygen atoms in total. The van der Waals surface area contributed by atoms with E-state index in [1.54, 1.807) is 0 Å². The Morgan fingerprint density at radius 3 is 2.60 bits per heavy atom. The largest absolute Gasteiger partial charge is 0.490 e. The summed E-state index contributed by atoms with van der Waals surface area (Å²) in [5.41, 5.74) is -1.79. The van der Waals surface area contributed by atoms with E-state index < -0.39 is 28.1 Å². The number of hydrogen-bond donors (Lipinski definition) is 0. The van der Waals surface area contributed by atoms with E-state index in [2.05, 4.69) is 0 Å². The number of fused-ring (bicyclic) bond motifs is 1. The number of nitro benzene ring substituents is 1. The average molecular weight is 352 g/mol. The van der Waals surface area contributed by atoms with Crippen LogP contribution in [0.1, 0.15) is 15.9 Å². The number of halogens is 3. The molecule has 0 saturated carbocycles. The van der Waals surface area contributed by atoms with Crippen molar-refractivity contribution in [3.05, 3.63) is 63.7 Å². The zero-order valence-electron chi connectivity index (χ0n) is 12.6. The van der Waals surface area contributed by atoms with E-state index in [0.717, 1.165) is 23.1 Å². The van der Waals surface area contributed by atoms with Crippen LogP contribution in [0.5, 0.6) is 5.75 Å². The highest BCUT2D eigenvalue weighted by molar-refractivity contribution is 6.08. The number of non-ortho nitro benzene ring substituents is 1. The minimum atomic E-state index is -4.69. The molecule has 0 spiro atoms. The highest BCUT2D eigenvalue weighted by Gasteiger charge is 2.37. The minimum Gasteiger partial charge on any atom is -0.490 e. The first-order valence-corrected chi connectivity index (χ1v) is 7.18. The van der Waals surface area contributed by atoms with E-state index >= 15 is 0 Å². The lowest BCUT2D eigenvalue weighted by Gasteiger charge is -2.30. The molecule has 0 N–H and O–H groups in total. The zero-order chi connectivity index (χ0) is 18.2. The Balaban J connectivity index is 2.07. The van der Waals surface area contributed by atoms with E-state index in [0.29, 0.717) is 0 Å². The third-order valence-electron chi connectivity index (χ3n) is 3.72. The summed E-state index contributed by atoms with van der Waals surface area (Å²) >= 11 is 0. The lowest BCUT2D eigenvalue weighted by molar-refractivity contribution is -0.384. The molecule has 9 heteroatoms. The van der Waals surface area contributed by atoms with Crippen LogP contribution in [0.4, 0.5) is 24.5 Å². The van der Waals surface area contributed by atoms with Gasteiger partial charge in [-0.3, -0.25) is 14.9 Å². The molecule has 1 heterocycles. The average Bonchev–Trinajstić information content (AvgIpc) is 2.59. The van der Waals surface area contributed by atoms with Crippen LogP contribution in [0.3, 0.4) is 0 Å². The van der Waals surface area contributed by atoms with Crippen LogP contribution in [0.2, 0.25) is 0 Å². The molecule has 0 bridgehead atoms. The molecule has 1 aliphatic rings. The fraction of sp³-hybridized carbons (Fsp3) is 0.188. The highest BCUT2D eigenvalue weighted by Crippen LogP contribution is 2.37. The number of carbonyl (C=O) groups excluding carboxylic acids is 1. The molecule has 0 aromatic heterocycles. The van der Waals surface area contributed by atoms with Gasteiger partial charge in [-0.2, -0.15) is 13.2 Å². The van der Waals surface area contributed by atoms with Crippen molar-refractivity contribution in [1.82, 2.24) is 0 Å². The molecule has 0 aliphatic carbocycles. The lowest BCUT2D eigenvalue weighted by atomic mass is 10.0. The first-order valence-electron chi connectivity index (χ1n) is 7.18. The molecule has 1 amide bonds. The van der Waals surface area contributed by atoms with Crippen LogP contribution in [-0.2, 0) is 6.18 Å². The maximum atomic E-state index is 13.2. The molecule has 0 radical (unpaired) electrons. The fourth-order valence-electron chi connectivity index (χ4n) is 2.59. The third-order valence-corrected chi connectivity index (χ3v) is 3.72. The molecule has 25 heavy (non-hydrogen) atoms. The summed E-state index contributed by atoms with van der Waals surface area (Å²) in [6.45, 7) is 0.0595. The number of hydrogen-bond acceptors (Lipinski definition) is 4. The Bertz CT molecular complexity index is 852. The van der Waals surface area contributed by atoms with Crippen molar-refractivity contribution in [2.45, 2.75) is 6.18 Å². The van der Waals surface area contributed by atoms with Crippen molar-refractivity contribution in [2.75, 3.05) is 18.1 Å². The lowest BCUT2D eigenvalue weighted by Crippen LogP contribution is -2.38. The summed E-state index contributed by atoms with van der Waals surface area (Å²) in [6.07, 6.45) is -4.69. The van der Waals surface area contributed by atoms with Gasteiger partial charge in [-0.05, 0) is 18.2 Å². The van der Waals surface area contributed by atoms with Gasteiger partial charge < -0.3 is 9.64 Å². The predicted molar refractivity (Wildman–Crippen MR) is 81.7 cm³/mol. The summed E-state index contributed by atoms with van der Waals surface area (Å²) in [5, 5.41) is 10.9. The van der Waals surface area contributed by atoms with Crippen molar-refractivity contribution in [1.29, 1.82) is 0 Å². The number of ether oxygens (including phenoxy) is 1. The number of alkyl halides is 3. The van der Waals surface area contributed by atoms with E-state index in [4.69, 9.17) is 4.74 Å². The Labute approximate surface area is 139 Å². The molecule has 0 fully saturated rings. The van der Waals surface area contributed by atoms with Gasteiger partial charge in [0.1, 0.15) is 12.4 Å². The van der Waals surface area contributed by atoms with Gasteiger partial charge in [0, 0.05) is 12.1 Å². The molecule has 0 atom stereocenters. The minimum absolute atomic E-state index is 0.0147. The van der Waals surface area contributed by atoms with Crippen molar-refractivity contribution < 1.29 is 27.6 Å². The number of carbonyl (C=O) groups is 1. The van der Waals surface area contributed by atoms with Crippen molar-refractivity contribution in [3.63, 3.8) is 0 Å². The second-order valence-corrected chi connectivity index (χ2v) is 5.26. The topological polar surface area (TPSA) is 72.7 Å². The summed E-state index contributed by atoms with van der Waals surface area (Å²) in [5.74, 6) is -0.687. The Morgan fingerprint density at radius 1 is 1.20 bits per heavy atom. The Kier molecular flexibility index (Phi) is 4.07. The molecular formula is C16H11F3N2O4. The summed E-state index contributed by atoms with van der Waals surface area (Å²) < 4.78 is 44.8. The maximum Gasteiger partial charge on any atom is 0.417 e. The second-order valence-electron chi connectivity index (χ2n) is 5.26. The van der Waals surface area contributed by atoms with Gasteiger partial charge in [0.2, 0.25) is 0 Å². The second kappa shape index (κ2) is 6.08. The van der Waals surface area contributed by atoms with Crippen LogP contribution in [0, 0.1) is 10.1 Å². The van der Waals surface area contributed by atoms with E-state index in [-0.39, 0.29) is 30.3 Å². The molecular weight excluding hydrogens is 341 g/mol. The van der Waals surface area contributed by atoms with Crippen molar-refractivity contribution in [3.8, 4) is 5.75 Å². The molecule has 1 aliphatic heterocycles. The van der Waals surface area contributed by atoms with Crippen LogP contribution < -0.4 is 9.64 Å². The maximum absolute atomic E-state index is 13.2. The third kappa shape index (κ3) is 3.12. The smallest absolute Gasteiger partial charge is 0.417 e. The summed E-state index contributed by atoms with van der Waals surface area (Å²) in [7, 11) is 0. The molecule has 2 aromatic rings. The first kappa shape index (κ1) is 16.7. The molecule has 2 aromatic carbocycles. The number of rotatable bonds is 2. The van der Waals surface area contributed by atoms with Gasteiger partial charge in [0.25, 0.3) is 11.6 Å². The SMILES string of the molecule is O=C(c1ccccc1C(F)(F)F)N1CCOc2ccc([N+](=O)[O-])cc21. The first-order chi connectivity index (χ1) is 11.8. The van der Waals surface area contributed by atoms with E-state index in [1.807, 2.05) is 0 Å². The van der Waals surface area contributed by atoms with Crippen LogP contribution in [0.15, 0.2) is 42.5 Å². The normalized spacial score (nSPS) is 13.8. The van der Waals surface area contributed by atoms with Gasteiger partial charge in [0.05, 0.1) is 28.3 Å². The van der Waals surface area contributed by atoms with Gasteiger partial charge >= 0.3 is 6.18 Å². The van der Waals surface area contributed by atoms with E-state index in [9.17, 15) is 28.1 Å². The Morgan fingerprint density at radius 2 is 1.92 bits per heavy atom. The zero-order valence-corrected chi connectivity index (χ0v) is 12.6. The Hall–Kier alpha value is -3.10. The van der Waals surface area contributed by atoms with Crippen molar-refractivity contribution in [2.24, 2.45) is 0 Å². The van der Waals surface area contributed by atoms with Crippen LogP contribution in [-0.4, -0.2) is 24.0 Å². The van der Waals surface area contributed by atoms with Gasteiger partial charge in [-0.15, -0.1) is 0 Å². The van der Waals surface area contributed by atoms with Crippen LogP contribution in [0.25, 0.3) is 0 Å². The monoisotopic (exact) mass is 352 g/mol. The number of amides is 1. The van der Waals surface area contributed by atoms with Gasteiger partial charge in [-0.1, -0.05) is 12.1 Å². The predicted octanol–water partition coefficient (Wildman–Crippen LogP) is 3.65. The standard InChI is InChI=1S/C16H11F3N2O4/c17-16(18,19)12-4-2-1-3-11(12)15(22)20-7-8-25-14-6-5-10(21(23)24)9-13(14)20/h1-6,9H,7-8H2. The fourth-order valence-corrected chi connectivity index (χ4v) is 2.59. The highest BCUT2D eigenvalue weighted by atomic mass is 19.4. The van der Waals surface area contributed by atoms with Crippen molar-refractivity contribution >= 4 is 17.3 Å². The van der Waals surface area contributed by atoms with E-state index in [1.165, 1.54) is 24.3 Å². The molecule has 3 rings (SSSR count). The quantitative estimate of drug-likeness (QED) is 0.611.